The Morgan fingerprint density at radius 1 is 0.833 bits per heavy atom. The summed E-state index contributed by atoms with van der Waals surface area (Å²) in [5.74, 6) is -2.92. The van der Waals surface area contributed by atoms with Crippen LogP contribution in [0.1, 0.15) is 58.2 Å². The molecule has 0 spiro atoms. The summed E-state index contributed by atoms with van der Waals surface area (Å²) in [6.45, 7) is 5.06. The summed E-state index contributed by atoms with van der Waals surface area (Å²) in [5, 5.41) is 2.12. The second-order valence-corrected chi connectivity index (χ2v) is 8.75. The third kappa shape index (κ3) is 7.99. The van der Waals surface area contributed by atoms with Gasteiger partial charge in [0.15, 0.2) is 0 Å². The van der Waals surface area contributed by atoms with Crippen LogP contribution in [0.2, 0.25) is 0 Å². The monoisotopic (exact) mass is 519 g/mol. The number of halogens is 6. The van der Waals surface area contributed by atoms with Crippen LogP contribution in [0.3, 0.4) is 0 Å². The van der Waals surface area contributed by atoms with Gasteiger partial charge in [0.2, 0.25) is 0 Å². The first kappa shape index (κ1) is 28.7. The summed E-state index contributed by atoms with van der Waals surface area (Å²) in [4.78, 5) is 36.9. The molecule has 0 aliphatic carbocycles. The van der Waals surface area contributed by atoms with Crippen LogP contribution in [0, 0.1) is 0 Å². The van der Waals surface area contributed by atoms with Crippen LogP contribution in [0.15, 0.2) is 42.5 Å². The van der Waals surface area contributed by atoms with Crippen molar-refractivity contribution in [1.29, 1.82) is 0 Å². The lowest BCUT2D eigenvalue weighted by Gasteiger charge is -2.20. The first-order valence-corrected chi connectivity index (χ1v) is 10.4. The van der Waals surface area contributed by atoms with Crippen molar-refractivity contribution in [2.24, 2.45) is 0 Å². The van der Waals surface area contributed by atoms with E-state index in [1.54, 1.807) is 20.8 Å². The Bertz CT molecular complexity index is 1090. The van der Waals surface area contributed by atoms with E-state index in [9.17, 15) is 40.7 Å². The minimum absolute atomic E-state index is 0.110. The van der Waals surface area contributed by atoms with E-state index in [0.29, 0.717) is 5.56 Å². The molecule has 0 bridgehead atoms. The highest BCUT2D eigenvalue weighted by Gasteiger charge is 2.38. The van der Waals surface area contributed by atoms with Gasteiger partial charge in [-0.3, -0.25) is 4.79 Å². The van der Waals surface area contributed by atoms with E-state index in [2.05, 4.69) is 10.1 Å². The number of esters is 2. The fourth-order valence-electron chi connectivity index (χ4n) is 3.01. The molecule has 0 aliphatic heterocycles. The third-order valence-electron chi connectivity index (χ3n) is 4.67. The van der Waals surface area contributed by atoms with Gasteiger partial charge in [-0.05, 0) is 56.7 Å². The molecular formula is C24H23F6NO5. The molecule has 0 aliphatic rings. The van der Waals surface area contributed by atoms with Crippen molar-refractivity contribution < 1.29 is 50.2 Å². The first-order chi connectivity index (χ1) is 16.4. The van der Waals surface area contributed by atoms with Crippen molar-refractivity contribution in [3.05, 3.63) is 70.3 Å². The SMILES string of the molecule is COC(=O)[C@@H](Cc1ccc(C(=O)OC(C)(C)C)cc1)NC(=O)c1cc(C(F)(F)F)cc(C(F)(F)F)c1. The zero-order valence-corrected chi connectivity index (χ0v) is 19.6. The molecule has 2 aromatic carbocycles. The van der Waals surface area contributed by atoms with Crippen LogP contribution >= 0.6 is 0 Å². The molecule has 0 saturated carbocycles. The molecule has 0 heterocycles. The summed E-state index contributed by atoms with van der Waals surface area (Å²) in [6, 6.07) is 4.67. The first-order valence-electron chi connectivity index (χ1n) is 10.4. The molecular weight excluding hydrogens is 496 g/mol. The summed E-state index contributed by atoms with van der Waals surface area (Å²) in [6.07, 6.45) is -10.5. The van der Waals surface area contributed by atoms with E-state index < -0.39 is 58.5 Å². The molecule has 0 unspecified atom stereocenters. The summed E-state index contributed by atoms with van der Waals surface area (Å²) >= 11 is 0. The van der Waals surface area contributed by atoms with Crippen LogP contribution in [0.4, 0.5) is 26.3 Å². The lowest BCUT2D eigenvalue weighted by molar-refractivity contribution is -0.144. The average Bonchev–Trinajstić information content (AvgIpc) is 2.75. The van der Waals surface area contributed by atoms with E-state index >= 15 is 0 Å². The lowest BCUT2D eigenvalue weighted by atomic mass is 10.0. The Morgan fingerprint density at radius 2 is 1.33 bits per heavy atom. The summed E-state index contributed by atoms with van der Waals surface area (Å²) in [5.41, 5.74) is -4.39. The van der Waals surface area contributed by atoms with E-state index in [0.717, 1.165) is 7.11 Å². The van der Waals surface area contributed by atoms with Crippen LogP contribution < -0.4 is 5.32 Å². The van der Waals surface area contributed by atoms with E-state index in [1.807, 2.05) is 0 Å². The Balaban J connectivity index is 2.29. The van der Waals surface area contributed by atoms with Crippen molar-refractivity contribution in [1.82, 2.24) is 5.32 Å². The standard InChI is InChI=1S/C24H23F6NO5/c1-22(2,3)36-20(33)14-7-5-13(6-8-14)9-18(21(34)35-4)31-19(32)15-10-16(23(25,26)27)12-17(11-15)24(28,29)30/h5-8,10-12,18H,9H2,1-4H3,(H,31,32)/t18-/m1/s1. The highest BCUT2D eigenvalue weighted by Crippen LogP contribution is 2.36. The van der Waals surface area contributed by atoms with Gasteiger partial charge in [-0.25, -0.2) is 9.59 Å². The summed E-state index contributed by atoms with van der Waals surface area (Å²) < 4.78 is 88.5. The molecule has 0 radical (unpaired) electrons. The number of carbonyl (C=O) groups is 3. The largest absolute Gasteiger partial charge is 0.467 e. The minimum atomic E-state index is -5.14. The molecule has 1 amide bonds. The Hall–Kier alpha value is -3.57. The van der Waals surface area contributed by atoms with E-state index in [1.165, 1.54) is 24.3 Å². The maximum absolute atomic E-state index is 13.1. The predicted octanol–water partition coefficient (Wildman–Crippen LogP) is 5.19. The number of benzene rings is 2. The number of carbonyl (C=O) groups excluding carboxylic acids is 3. The van der Waals surface area contributed by atoms with Crippen molar-refractivity contribution in [3.8, 4) is 0 Å². The Kier molecular flexibility index (Phi) is 8.43. The smallest absolute Gasteiger partial charge is 0.416 e. The van der Waals surface area contributed by atoms with Gasteiger partial charge in [0.25, 0.3) is 5.91 Å². The molecule has 0 fully saturated rings. The third-order valence-corrected chi connectivity index (χ3v) is 4.67. The number of ether oxygens (including phenoxy) is 2. The van der Waals surface area contributed by atoms with Gasteiger partial charge in [0.1, 0.15) is 11.6 Å². The highest BCUT2D eigenvalue weighted by atomic mass is 19.4. The van der Waals surface area contributed by atoms with Gasteiger partial charge in [-0.2, -0.15) is 26.3 Å². The fraction of sp³-hybridized carbons (Fsp3) is 0.375. The van der Waals surface area contributed by atoms with Crippen molar-refractivity contribution >= 4 is 17.8 Å². The number of rotatable bonds is 6. The Morgan fingerprint density at radius 3 is 1.75 bits per heavy atom. The lowest BCUT2D eigenvalue weighted by Crippen LogP contribution is -2.43. The van der Waals surface area contributed by atoms with Crippen molar-refractivity contribution in [3.63, 3.8) is 0 Å². The van der Waals surface area contributed by atoms with Crippen molar-refractivity contribution in [2.75, 3.05) is 7.11 Å². The molecule has 2 aromatic rings. The number of hydrogen-bond acceptors (Lipinski definition) is 5. The van der Waals surface area contributed by atoms with Crippen LogP contribution in [-0.2, 0) is 33.0 Å². The molecule has 196 valence electrons. The number of methoxy groups -OCH3 is 1. The highest BCUT2D eigenvalue weighted by molar-refractivity contribution is 5.97. The molecule has 6 nitrogen and oxygen atoms in total. The van der Waals surface area contributed by atoms with Gasteiger partial charge in [0, 0.05) is 12.0 Å². The van der Waals surface area contributed by atoms with E-state index in [4.69, 9.17) is 4.74 Å². The molecule has 12 heteroatoms. The van der Waals surface area contributed by atoms with Gasteiger partial charge in [0.05, 0.1) is 23.8 Å². The maximum atomic E-state index is 13.1. The van der Waals surface area contributed by atoms with Crippen LogP contribution in [-0.4, -0.2) is 36.6 Å². The molecule has 36 heavy (non-hydrogen) atoms. The Labute approximate surface area is 202 Å². The number of alkyl halides is 6. The zero-order chi connectivity index (χ0) is 27.5. The summed E-state index contributed by atoms with van der Waals surface area (Å²) in [7, 11) is 0.999. The topological polar surface area (TPSA) is 81.7 Å². The van der Waals surface area contributed by atoms with Gasteiger partial charge >= 0.3 is 24.3 Å². The van der Waals surface area contributed by atoms with Crippen LogP contribution in [0.5, 0.6) is 0 Å². The van der Waals surface area contributed by atoms with E-state index in [-0.39, 0.29) is 30.2 Å². The van der Waals surface area contributed by atoms with Gasteiger partial charge in [-0.1, -0.05) is 12.1 Å². The van der Waals surface area contributed by atoms with Gasteiger partial charge < -0.3 is 14.8 Å². The maximum Gasteiger partial charge on any atom is 0.416 e. The molecule has 1 atom stereocenters. The predicted molar refractivity (Wildman–Crippen MR) is 115 cm³/mol. The average molecular weight is 519 g/mol. The second-order valence-electron chi connectivity index (χ2n) is 8.75. The van der Waals surface area contributed by atoms with Crippen molar-refractivity contribution in [2.45, 2.75) is 51.2 Å². The second kappa shape index (κ2) is 10.6. The molecule has 1 N–H and O–H groups in total. The normalized spacial score (nSPS) is 13.1. The molecule has 0 aromatic heterocycles. The number of nitrogens with one attached hydrogen (secondary N) is 1. The number of amides is 1. The zero-order valence-electron chi connectivity index (χ0n) is 19.6. The molecule has 2 rings (SSSR count). The van der Waals surface area contributed by atoms with Gasteiger partial charge in [-0.15, -0.1) is 0 Å². The number of hydrogen-bond donors (Lipinski definition) is 1. The van der Waals surface area contributed by atoms with Crippen LogP contribution in [0.25, 0.3) is 0 Å². The minimum Gasteiger partial charge on any atom is -0.467 e. The fourth-order valence-corrected chi connectivity index (χ4v) is 3.01. The quantitative estimate of drug-likeness (QED) is 0.420. The molecule has 0 saturated heterocycles.